The smallest absolute Gasteiger partial charge is 0.231 e. The molecule has 0 radical (unpaired) electrons. The Hall–Kier alpha value is -3.09. The van der Waals surface area contributed by atoms with Crippen molar-refractivity contribution >= 4 is 11.6 Å². The second-order valence-electron chi connectivity index (χ2n) is 5.37. The van der Waals surface area contributed by atoms with E-state index < -0.39 is 0 Å². The molecule has 4 rings (SSSR count). The molecule has 0 saturated heterocycles. The quantitative estimate of drug-likeness (QED) is 0.663. The Bertz CT molecular complexity index is 791. The fraction of sp³-hybridized carbons (Fsp3) is 0.235. The molecule has 0 aliphatic carbocycles. The number of fused-ring (bicyclic) bond motifs is 2. The van der Waals surface area contributed by atoms with Gasteiger partial charge in [-0.3, -0.25) is 0 Å². The zero-order valence-corrected chi connectivity index (χ0v) is 13.0. The number of hydrogen-bond acceptors (Lipinski definition) is 5. The Labute approximate surface area is 139 Å². The third-order valence-electron chi connectivity index (χ3n) is 3.68. The highest BCUT2D eigenvalue weighted by molar-refractivity contribution is 5.92. The van der Waals surface area contributed by atoms with Gasteiger partial charge in [0, 0.05) is 11.8 Å². The maximum atomic E-state index is 5.95. The van der Waals surface area contributed by atoms with E-state index in [-0.39, 0.29) is 6.79 Å². The van der Waals surface area contributed by atoms with Crippen LogP contribution in [0.15, 0.2) is 41.4 Å². The third-order valence-corrected chi connectivity index (χ3v) is 3.68. The van der Waals surface area contributed by atoms with Crippen molar-refractivity contribution in [1.29, 1.82) is 0 Å². The van der Waals surface area contributed by atoms with Crippen molar-refractivity contribution in [3.05, 3.63) is 42.0 Å². The minimum atomic E-state index is 0.260. The van der Waals surface area contributed by atoms with Crippen LogP contribution < -0.4 is 30.0 Å². The van der Waals surface area contributed by atoms with E-state index in [0.29, 0.717) is 31.5 Å². The summed E-state index contributed by atoms with van der Waals surface area (Å²) in [6, 6.07) is 11.3. The summed E-state index contributed by atoms with van der Waals surface area (Å²) in [6.45, 7) is 1.82. The monoisotopic (exact) mass is 327 g/mol. The summed E-state index contributed by atoms with van der Waals surface area (Å²) in [6.07, 6.45) is 0. The van der Waals surface area contributed by atoms with Gasteiger partial charge in [0.05, 0.1) is 6.54 Å². The summed E-state index contributed by atoms with van der Waals surface area (Å²) in [7, 11) is 0. The minimum absolute atomic E-state index is 0.260. The SMILES string of the molecule is NC(=NCc1ccc2c(c1)OCO2)Nc1ccc2c(c1)OCCO2. The Kier molecular flexibility index (Phi) is 3.74. The van der Waals surface area contributed by atoms with Crippen LogP contribution in [-0.4, -0.2) is 26.0 Å². The van der Waals surface area contributed by atoms with E-state index in [4.69, 9.17) is 24.7 Å². The second kappa shape index (κ2) is 6.19. The number of aliphatic imine (C=N–C) groups is 1. The summed E-state index contributed by atoms with van der Waals surface area (Å²) >= 11 is 0. The lowest BCUT2D eigenvalue weighted by Crippen LogP contribution is -2.23. The number of benzene rings is 2. The molecule has 2 aromatic rings. The van der Waals surface area contributed by atoms with Crippen LogP contribution in [0.1, 0.15) is 5.56 Å². The van der Waals surface area contributed by atoms with Gasteiger partial charge >= 0.3 is 0 Å². The summed E-state index contributed by atoms with van der Waals surface area (Å²) in [5.41, 5.74) is 7.74. The summed E-state index contributed by atoms with van der Waals surface area (Å²) in [5.74, 6) is 3.26. The van der Waals surface area contributed by atoms with E-state index in [1.807, 2.05) is 36.4 Å². The molecule has 2 aliphatic heterocycles. The lowest BCUT2D eigenvalue weighted by atomic mass is 10.2. The Balaban J connectivity index is 1.42. The maximum absolute atomic E-state index is 5.95. The molecule has 0 atom stereocenters. The molecule has 2 aromatic carbocycles. The highest BCUT2D eigenvalue weighted by atomic mass is 16.7. The summed E-state index contributed by atoms with van der Waals surface area (Å²) in [4.78, 5) is 4.34. The van der Waals surface area contributed by atoms with E-state index in [1.54, 1.807) is 0 Å². The van der Waals surface area contributed by atoms with Crippen molar-refractivity contribution < 1.29 is 18.9 Å². The summed E-state index contributed by atoms with van der Waals surface area (Å²) < 4.78 is 21.7. The molecular formula is C17H17N3O4. The van der Waals surface area contributed by atoms with Gasteiger partial charge in [-0.1, -0.05) is 6.07 Å². The Morgan fingerprint density at radius 3 is 2.54 bits per heavy atom. The zero-order valence-electron chi connectivity index (χ0n) is 13.0. The van der Waals surface area contributed by atoms with Crippen LogP contribution in [0.25, 0.3) is 0 Å². The van der Waals surface area contributed by atoms with Crippen LogP contribution in [0.4, 0.5) is 5.69 Å². The number of nitrogens with two attached hydrogens (primary N) is 1. The lowest BCUT2D eigenvalue weighted by molar-refractivity contribution is 0.171. The van der Waals surface area contributed by atoms with Crippen molar-refractivity contribution in [2.75, 3.05) is 25.3 Å². The molecule has 0 unspecified atom stereocenters. The van der Waals surface area contributed by atoms with Crippen molar-refractivity contribution in [1.82, 2.24) is 0 Å². The molecule has 2 heterocycles. The van der Waals surface area contributed by atoms with Crippen LogP contribution >= 0.6 is 0 Å². The highest BCUT2D eigenvalue weighted by Gasteiger charge is 2.13. The first-order chi connectivity index (χ1) is 11.8. The van der Waals surface area contributed by atoms with Gasteiger partial charge in [-0.25, -0.2) is 4.99 Å². The molecule has 0 spiro atoms. The molecule has 7 nitrogen and oxygen atoms in total. The van der Waals surface area contributed by atoms with Crippen molar-refractivity contribution in [2.24, 2.45) is 10.7 Å². The van der Waals surface area contributed by atoms with Crippen molar-refractivity contribution in [3.63, 3.8) is 0 Å². The molecule has 124 valence electrons. The van der Waals surface area contributed by atoms with Crippen LogP contribution in [0, 0.1) is 0 Å². The molecule has 0 saturated carbocycles. The van der Waals surface area contributed by atoms with Gasteiger partial charge in [0.2, 0.25) is 6.79 Å². The first-order valence-electron chi connectivity index (χ1n) is 7.63. The molecular weight excluding hydrogens is 310 g/mol. The fourth-order valence-corrected chi connectivity index (χ4v) is 2.52. The molecule has 3 N–H and O–H groups in total. The normalized spacial score (nSPS) is 15.2. The van der Waals surface area contributed by atoms with E-state index in [0.717, 1.165) is 28.5 Å². The average Bonchev–Trinajstić information content (AvgIpc) is 3.07. The molecule has 0 aromatic heterocycles. The number of nitrogens with zero attached hydrogens (tertiary/aromatic N) is 1. The van der Waals surface area contributed by atoms with Crippen LogP contribution in [0.5, 0.6) is 23.0 Å². The molecule has 7 heteroatoms. The van der Waals surface area contributed by atoms with Gasteiger partial charge in [0.25, 0.3) is 0 Å². The molecule has 2 aliphatic rings. The van der Waals surface area contributed by atoms with Gasteiger partial charge < -0.3 is 30.0 Å². The first-order valence-corrected chi connectivity index (χ1v) is 7.63. The van der Waals surface area contributed by atoms with Crippen molar-refractivity contribution in [3.8, 4) is 23.0 Å². The molecule has 0 amide bonds. The van der Waals surface area contributed by atoms with Crippen LogP contribution in [-0.2, 0) is 6.54 Å². The van der Waals surface area contributed by atoms with Crippen molar-refractivity contribution in [2.45, 2.75) is 6.54 Å². The maximum Gasteiger partial charge on any atom is 0.231 e. The minimum Gasteiger partial charge on any atom is -0.486 e. The number of nitrogens with one attached hydrogen (secondary N) is 1. The summed E-state index contributed by atoms with van der Waals surface area (Å²) in [5, 5.41) is 3.05. The Morgan fingerprint density at radius 1 is 0.917 bits per heavy atom. The predicted octanol–water partition coefficient (Wildman–Crippen LogP) is 2.11. The standard InChI is InChI=1S/C17H17N3O4/c18-17(19-9-11-1-3-14-15(7-11)24-10-23-14)20-12-2-4-13-16(8-12)22-6-5-21-13/h1-4,7-8H,5-6,9-10H2,(H3,18,19,20). The van der Waals surface area contributed by atoms with E-state index in [9.17, 15) is 0 Å². The fourth-order valence-electron chi connectivity index (χ4n) is 2.52. The predicted molar refractivity (Wildman–Crippen MR) is 88.9 cm³/mol. The number of rotatable bonds is 3. The lowest BCUT2D eigenvalue weighted by Gasteiger charge is -2.19. The average molecular weight is 327 g/mol. The molecule has 0 fully saturated rings. The number of ether oxygens (including phenoxy) is 4. The molecule has 0 bridgehead atoms. The van der Waals surface area contributed by atoms with Gasteiger partial charge in [-0.15, -0.1) is 0 Å². The zero-order chi connectivity index (χ0) is 16.4. The number of anilines is 1. The Morgan fingerprint density at radius 2 is 1.62 bits per heavy atom. The van der Waals surface area contributed by atoms with E-state index in [1.165, 1.54) is 0 Å². The van der Waals surface area contributed by atoms with Crippen LogP contribution in [0.3, 0.4) is 0 Å². The second-order valence-corrected chi connectivity index (χ2v) is 5.37. The first kappa shape index (κ1) is 14.5. The van der Waals surface area contributed by atoms with Gasteiger partial charge in [0.15, 0.2) is 29.0 Å². The highest BCUT2D eigenvalue weighted by Crippen LogP contribution is 2.33. The largest absolute Gasteiger partial charge is 0.486 e. The third kappa shape index (κ3) is 3.01. The van der Waals surface area contributed by atoms with E-state index >= 15 is 0 Å². The van der Waals surface area contributed by atoms with Gasteiger partial charge in [-0.05, 0) is 29.8 Å². The van der Waals surface area contributed by atoms with Crippen LogP contribution in [0.2, 0.25) is 0 Å². The molecule has 24 heavy (non-hydrogen) atoms. The van der Waals surface area contributed by atoms with Gasteiger partial charge in [0.1, 0.15) is 13.2 Å². The van der Waals surface area contributed by atoms with E-state index in [2.05, 4.69) is 10.3 Å². The van der Waals surface area contributed by atoms with Gasteiger partial charge in [-0.2, -0.15) is 0 Å². The topological polar surface area (TPSA) is 87.3 Å². The number of hydrogen-bond donors (Lipinski definition) is 2. The number of guanidine groups is 1.